The number of amides is 1. The van der Waals surface area contributed by atoms with Crippen LogP contribution >= 0.6 is 11.6 Å². The lowest BCUT2D eigenvalue weighted by Gasteiger charge is -2.14. The third-order valence-electron chi connectivity index (χ3n) is 4.18. The fraction of sp³-hybridized carbons (Fsp3) is 0.182. The fourth-order valence-electron chi connectivity index (χ4n) is 2.56. The molecule has 3 rings (SSSR count). The minimum Gasteiger partial charge on any atom is -0.492 e. The van der Waals surface area contributed by atoms with Gasteiger partial charge in [-0.1, -0.05) is 41.9 Å². The van der Waals surface area contributed by atoms with Crippen LogP contribution in [0.2, 0.25) is 5.02 Å². The zero-order chi connectivity index (χ0) is 22.2. The van der Waals surface area contributed by atoms with Crippen LogP contribution in [0.1, 0.15) is 17.4 Å². The predicted octanol–water partition coefficient (Wildman–Crippen LogP) is 3.16. The average Bonchev–Trinajstić information content (AvgIpc) is 2.77. The second kappa shape index (κ2) is 10.4. The largest absolute Gasteiger partial charge is 0.492 e. The van der Waals surface area contributed by atoms with E-state index in [0.717, 1.165) is 4.68 Å². The van der Waals surface area contributed by atoms with Crippen LogP contribution in [0.4, 0.5) is 5.69 Å². The van der Waals surface area contributed by atoms with Crippen molar-refractivity contribution in [3.05, 3.63) is 87.8 Å². The maximum atomic E-state index is 12.4. The molecule has 0 aliphatic carbocycles. The van der Waals surface area contributed by atoms with Gasteiger partial charge < -0.3 is 14.8 Å². The van der Waals surface area contributed by atoms with Gasteiger partial charge in [-0.25, -0.2) is 9.48 Å². The van der Waals surface area contributed by atoms with Crippen LogP contribution in [-0.2, 0) is 16.1 Å². The summed E-state index contributed by atoms with van der Waals surface area (Å²) >= 11 is 6.01. The lowest BCUT2D eigenvalue weighted by Crippen LogP contribution is -2.32. The molecule has 31 heavy (non-hydrogen) atoms. The van der Waals surface area contributed by atoms with Crippen molar-refractivity contribution in [1.82, 2.24) is 9.78 Å². The Morgan fingerprint density at radius 3 is 2.52 bits per heavy atom. The van der Waals surface area contributed by atoms with Crippen LogP contribution in [0.15, 0.2) is 71.5 Å². The van der Waals surface area contributed by atoms with E-state index in [2.05, 4.69) is 10.4 Å². The van der Waals surface area contributed by atoms with Crippen molar-refractivity contribution >= 4 is 29.2 Å². The first-order valence-corrected chi connectivity index (χ1v) is 9.84. The number of esters is 1. The Morgan fingerprint density at radius 1 is 1.06 bits per heavy atom. The van der Waals surface area contributed by atoms with Crippen molar-refractivity contribution in [3.8, 4) is 5.75 Å². The van der Waals surface area contributed by atoms with Gasteiger partial charge in [0.05, 0.1) is 17.3 Å². The molecule has 1 aromatic heterocycles. The quantitative estimate of drug-likeness (QED) is 0.539. The van der Waals surface area contributed by atoms with E-state index in [4.69, 9.17) is 21.1 Å². The fourth-order valence-corrected chi connectivity index (χ4v) is 2.74. The van der Waals surface area contributed by atoms with Crippen molar-refractivity contribution in [2.75, 3.05) is 11.9 Å². The summed E-state index contributed by atoms with van der Waals surface area (Å²) in [5, 5.41) is 6.96. The molecule has 0 fully saturated rings. The number of nitrogens with one attached hydrogen (secondary N) is 1. The van der Waals surface area contributed by atoms with Crippen molar-refractivity contribution in [2.45, 2.75) is 19.6 Å². The summed E-state index contributed by atoms with van der Waals surface area (Å²) in [6, 6.07) is 18.3. The number of carbonyl (C=O) groups excluding carboxylic acids is 2. The van der Waals surface area contributed by atoms with E-state index in [1.807, 2.05) is 18.2 Å². The molecule has 1 amide bonds. The number of rotatable bonds is 8. The summed E-state index contributed by atoms with van der Waals surface area (Å²) in [6.07, 6.45) is -1.10. The van der Waals surface area contributed by atoms with Gasteiger partial charge in [-0.3, -0.25) is 9.59 Å². The molecule has 1 atom stereocenters. The number of nitrogens with zero attached hydrogens (tertiary/aromatic N) is 2. The van der Waals surface area contributed by atoms with Gasteiger partial charge in [0.25, 0.3) is 11.5 Å². The zero-order valence-corrected chi connectivity index (χ0v) is 17.4. The maximum Gasteiger partial charge on any atom is 0.359 e. The van der Waals surface area contributed by atoms with Gasteiger partial charge in [0.15, 0.2) is 11.8 Å². The number of anilines is 1. The van der Waals surface area contributed by atoms with Crippen molar-refractivity contribution in [3.63, 3.8) is 0 Å². The van der Waals surface area contributed by atoms with E-state index in [1.165, 1.54) is 19.1 Å². The molecule has 2 aromatic carbocycles. The second-order valence-electron chi connectivity index (χ2n) is 6.46. The lowest BCUT2D eigenvalue weighted by atomic mass is 10.3. The number of halogens is 1. The van der Waals surface area contributed by atoms with Gasteiger partial charge in [0.2, 0.25) is 0 Å². The minimum absolute atomic E-state index is 0.100. The molecule has 9 heteroatoms. The first-order chi connectivity index (χ1) is 14.9. The van der Waals surface area contributed by atoms with Crippen LogP contribution in [0, 0.1) is 0 Å². The highest BCUT2D eigenvalue weighted by atomic mass is 35.5. The Bertz CT molecular complexity index is 1120. The summed E-state index contributed by atoms with van der Waals surface area (Å²) < 4.78 is 11.8. The summed E-state index contributed by atoms with van der Waals surface area (Å²) in [5.74, 6) is -0.727. The zero-order valence-electron chi connectivity index (χ0n) is 16.7. The number of hydrogen-bond acceptors (Lipinski definition) is 6. The summed E-state index contributed by atoms with van der Waals surface area (Å²) in [6.45, 7) is 1.75. The van der Waals surface area contributed by atoms with Crippen molar-refractivity contribution in [1.29, 1.82) is 0 Å². The Hall–Kier alpha value is -3.65. The average molecular weight is 442 g/mol. The minimum atomic E-state index is -1.10. The first-order valence-electron chi connectivity index (χ1n) is 9.46. The summed E-state index contributed by atoms with van der Waals surface area (Å²) in [5.41, 5.74) is -0.0865. The van der Waals surface area contributed by atoms with Crippen LogP contribution < -0.4 is 15.6 Å². The van der Waals surface area contributed by atoms with E-state index in [-0.39, 0.29) is 18.8 Å². The molecule has 160 valence electrons. The highest BCUT2D eigenvalue weighted by Crippen LogP contribution is 2.20. The van der Waals surface area contributed by atoms with E-state index in [9.17, 15) is 14.4 Å². The molecular formula is C22H20ClN3O5. The molecule has 0 saturated carbocycles. The highest BCUT2D eigenvalue weighted by molar-refractivity contribution is 6.33. The summed E-state index contributed by atoms with van der Waals surface area (Å²) in [4.78, 5) is 36.7. The number of benzene rings is 2. The summed E-state index contributed by atoms with van der Waals surface area (Å²) in [7, 11) is 0. The molecule has 0 radical (unpaired) electrons. The van der Waals surface area contributed by atoms with E-state index in [1.54, 1.807) is 36.4 Å². The molecule has 1 N–H and O–H groups in total. The van der Waals surface area contributed by atoms with Crippen molar-refractivity contribution in [2.24, 2.45) is 0 Å². The van der Waals surface area contributed by atoms with E-state index in [0.29, 0.717) is 16.5 Å². The number of ether oxygens (including phenoxy) is 2. The first kappa shape index (κ1) is 22.0. The van der Waals surface area contributed by atoms with Gasteiger partial charge in [-0.05, 0) is 37.3 Å². The maximum absolute atomic E-state index is 12.4. The normalized spacial score (nSPS) is 11.4. The number of para-hydroxylation sites is 2. The van der Waals surface area contributed by atoms with Crippen LogP contribution in [0.5, 0.6) is 5.75 Å². The van der Waals surface area contributed by atoms with Gasteiger partial charge in [0, 0.05) is 6.07 Å². The van der Waals surface area contributed by atoms with Gasteiger partial charge in [-0.15, -0.1) is 0 Å². The molecule has 0 aliphatic rings. The molecular weight excluding hydrogens is 422 g/mol. The molecule has 8 nitrogen and oxygen atoms in total. The van der Waals surface area contributed by atoms with Crippen LogP contribution in [0.3, 0.4) is 0 Å². The van der Waals surface area contributed by atoms with Crippen LogP contribution in [0.25, 0.3) is 0 Å². The monoisotopic (exact) mass is 441 g/mol. The molecule has 3 aromatic rings. The third kappa shape index (κ3) is 6.16. The molecule has 1 heterocycles. The Balaban J connectivity index is 1.59. The van der Waals surface area contributed by atoms with Crippen molar-refractivity contribution < 1.29 is 19.1 Å². The standard InChI is InChI=1S/C22H20ClN3O5/c1-15(21(28)24-18-10-6-5-9-17(18)23)31-22(29)19-11-12-20(27)26(25-19)13-14-30-16-7-3-2-4-8-16/h2-12,15H,13-14H2,1H3,(H,24,28). The number of hydrogen-bond donors (Lipinski definition) is 1. The van der Waals surface area contributed by atoms with Crippen LogP contribution in [-0.4, -0.2) is 34.4 Å². The smallest absolute Gasteiger partial charge is 0.359 e. The highest BCUT2D eigenvalue weighted by Gasteiger charge is 2.21. The Morgan fingerprint density at radius 2 is 1.77 bits per heavy atom. The van der Waals surface area contributed by atoms with Gasteiger partial charge >= 0.3 is 5.97 Å². The number of carbonyl (C=O) groups is 2. The Labute approximate surface area is 183 Å². The second-order valence-corrected chi connectivity index (χ2v) is 6.87. The lowest BCUT2D eigenvalue weighted by molar-refractivity contribution is -0.123. The number of aromatic nitrogens is 2. The molecule has 0 saturated heterocycles. The SMILES string of the molecule is CC(OC(=O)c1ccc(=O)n(CCOc2ccccc2)n1)C(=O)Nc1ccccc1Cl. The molecule has 0 aliphatic heterocycles. The van der Waals surface area contributed by atoms with Gasteiger partial charge in [-0.2, -0.15) is 5.10 Å². The molecule has 0 spiro atoms. The third-order valence-corrected chi connectivity index (χ3v) is 4.51. The van der Waals surface area contributed by atoms with E-state index < -0.39 is 23.5 Å². The van der Waals surface area contributed by atoms with Gasteiger partial charge in [0.1, 0.15) is 12.4 Å². The molecule has 0 bridgehead atoms. The predicted molar refractivity (Wildman–Crippen MR) is 115 cm³/mol. The van der Waals surface area contributed by atoms with E-state index >= 15 is 0 Å². The topological polar surface area (TPSA) is 99.5 Å². The Kier molecular flexibility index (Phi) is 7.40. The molecule has 1 unspecified atom stereocenters.